The number of furan rings is 1. The van der Waals surface area contributed by atoms with E-state index in [0.29, 0.717) is 0 Å². The van der Waals surface area contributed by atoms with Gasteiger partial charge < -0.3 is 9.15 Å². The molecular formula is C8H10O3. The van der Waals surface area contributed by atoms with Gasteiger partial charge in [0.2, 0.25) is 0 Å². The fourth-order valence-corrected chi connectivity index (χ4v) is 0.823. The predicted molar refractivity (Wildman–Crippen MR) is 38.9 cm³/mol. The zero-order valence-corrected chi connectivity index (χ0v) is 6.53. The number of hydrogen-bond acceptors (Lipinski definition) is 3. The van der Waals surface area contributed by atoms with E-state index in [2.05, 4.69) is 0 Å². The third-order valence-electron chi connectivity index (χ3n) is 1.36. The summed E-state index contributed by atoms with van der Waals surface area (Å²) >= 11 is 0. The maximum Gasteiger partial charge on any atom is 0.303 e. The summed E-state index contributed by atoms with van der Waals surface area (Å²) in [5.74, 6) is -0.279. The van der Waals surface area contributed by atoms with Crippen LogP contribution in [0.1, 0.15) is 25.5 Å². The molecule has 0 aromatic carbocycles. The number of carbonyl (C=O) groups excluding carboxylic acids is 1. The Morgan fingerprint density at radius 2 is 2.45 bits per heavy atom. The van der Waals surface area contributed by atoms with Gasteiger partial charge in [-0.25, -0.2) is 0 Å². The van der Waals surface area contributed by atoms with Crippen molar-refractivity contribution >= 4 is 5.97 Å². The van der Waals surface area contributed by atoms with Gasteiger partial charge in [-0.15, -0.1) is 0 Å². The molecule has 0 aliphatic heterocycles. The second-order valence-corrected chi connectivity index (χ2v) is 2.31. The first-order valence-corrected chi connectivity index (χ1v) is 3.39. The molecule has 0 amide bonds. The van der Waals surface area contributed by atoms with Crippen LogP contribution in [0.15, 0.2) is 23.0 Å². The summed E-state index contributed by atoms with van der Waals surface area (Å²) in [6.07, 6.45) is 2.90. The van der Waals surface area contributed by atoms with E-state index in [1.165, 1.54) is 6.92 Å². The fraction of sp³-hybridized carbons (Fsp3) is 0.375. The van der Waals surface area contributed by atoms with E-state index < -0.39 is 0 Å². The predicted octanol–water partition coefficient (Wildman–Crippen LogP) is 1.90. The highest BCUT2D eigenvalue weighted by Gasteiger charge is 2.08. The van der Waals surface area contributed by atoms with Gasteiger partial charge >= 0.3 is 5.97 Å². The van der Waals surface area contributed by atoms with Gasteiger partial charge in [-0.1, -0.05) is 0 Å². The molecule has 11 heavy (non-hydrogen) atoms. The Hall–Kier alpha value is -1.25. The standard InChI is InChI=1S/C8H10O3/c1-6(11-7(2)9)8-3-4-10-5-8/h3-6H,1-2H3. The van der Waals surface area contributed by atoms with Crippen LogP contribution in [0, 0.1) is 0 Å². The summed E-state index contributed by atoms with van der Waals surface area (Å²) in [7, 11) is 0. The quantitative estimate of drug-likeness (QED) is 0.611. The van der Waals surface area contributed by atoms with Gasteiger partial charge in [0.15, 0.2) is 0 Å². The van der Waals surface area contributed by atoms with E-state index in [0.717, 1.165) is 5.56 Å². The molecule has 0 aliphatic rings. The van der Waals surface area contributed by atoms with Gasteiger partial charge in [-0.05, 0) is 13.0 Å². The Morgan fingerprint density at radius 3 is 2.91 bits per heavy atom. The molecule has 1 atom stereocenters. The molecule has 0 spiro atoms. The fourth-order valence-electron chi connectivity index (χ4n) is 0.823. The monoisotopic (exact) mass is 154 g/mol. The lowest BCUT2D eigenvalue weighted by molar-refractivity contribution is -0.145. The summed E-state index contributed by atoms with van der Waals surface area (Å²) in [5, 5.41) is 0. The molecule has 1 rings (SSSR count). The summed E-state index contributed by atoms with van der Waals surface area (Å²) in [4.78, 5) is 10.5. The van der Waals surface area contributed by atoms with Gasteiger partial charge in [0, 0.05) is 12.5 Å². The van der Waals surface area contributed by atoms with Crippen LogP contribution >= 0.6 is 0 Å². The van der Waals surface area contributed by atoms with E-state index in [4.69, 9.17) is 9.15 Å². The van der Waals surface area contributed by atoms with Gasteiger partial charge in [-0.2, -0.15) is 0 Å². The molecule has 60 valence electrons. The lowest BCUT2D eigenvalue weighted by Gasteiger charge is -2.07. The molecule has 0 N–H and O–H groups in total. The molecule has 1 unspecified atom stereocenters. The summed E-state index contributed by atoms with van der Waals surface area (Å²) in [5.41, 5.74) is 0.875. The number of esters is 1. The molecule has 0 fully saturated rings. The first-order chi connectivity index (χ1) is 5.20. The minimum Gasteiger partial charge on any atom is -0.472 e. The molecule has 1 heterocycles. The van der Waals surface area contributed by atoms with Crippen molar-refractivity contribution < 1.29 is 13.9 Å². The Bertz CT molecular complexity index is 225. The van der Waals surface area contributed by atoms with E-state index in [9.17, 15) is 4.79 Å². The van der Waals surface area contributed by atoms with Crippen LogP contribution in [-0.4, -0.2) is 5.97 Å². The van der Waals surface area contributed by atoms with Crippen molar-refractivity contribution in [2.75, 3.05) is 0 Å². The first-order valence-electron chi connectivity index (χ1n) is 3.39. The third-order valence-corrected chi connectivity index (χ3v) is 1.36. The summed E-state index contributed by atoms with van der Waals surface area (Å²) in [6.45, 7) is 3.18. The molecule has 0 radical (unpaired) electrons. The third kappa shape index (κ3) is 2.11. The number of hydrogen-bond donors (Lipinski definition) is 0. The Morgan fingerprint density at radius 1 is 1.73 bits per heavy atom. The van der Waals surface area contributed by atoms with Crippen LogP contribution < -0.4 is 0 Å². The van der Waals surface area contributed by atoms with Crippen LogP contribution in [-0.2, 0) is 9.53 Å². The van der Waals surface area contributed by atoms with Crippen LogP contribution in [0.3, 0.4) is 0 Å². The van der Waals surface area contributed by atoms with Crippen molar-refractivity contribution in [3.63, 3.8) is 0 Å². The van der Waals surface area contributed by atoms with E-state index in [-0.39, 0.29) is 12.1 Å². The second-order valence-electron chi connectivity index (χ2n) is 2.31. The summed E-state index contributed by atoms with van der Waals surface area (Å²) in [6, 6.07) is 1.77. The minimum absolute atomic E-state index is 0.216. The Labute approximate surface area is 65.0 Å². The molecule has 0 saturated heterocycles. The average molecular weight is 154 g/mol. The minimum atomic E-state index is -0.279. The second kappa shape index (κ2) is 3.23. The van der Waals surface area contributed by atoms with Crippen LogP contribution in [0.25, 0.3) is 0 Å². The molecule has 0 bridgehead atoms. The van der Waals surface area contributed by atoms with Crippen molar-refractivity contribution in [3.8, 4) is 0 Å². The molecule has 3 nitrogen and oxygen atoms in total. The van der Waals surface area contributed by atoms with Gasteiger partial charge in [-0.3, -0.25) is 4.79 Å². The maximum absolute atomic E-state index is 10.5. The van der Waals surface area contributed by atoms with Gasteiger partial charge in [0.05, 0.1) is 12.5 Å². The zero-order valence-electron chi connectivity index (χ0n) is 6.53. The largest absolute Gasteiger partial charge is 0.472 e. The maximum atomic E-state index is 10.5. The van der Waals surface area contributed by atoms with Crippen LogP contribution in [0.2, 0.25) is 0 Å². The van der Waals surface area contributed by atoms with Crippen molar-refractivity contribution in [3.05, 3.63) is 24.2 Å². The highest BCUT2D eigenvalue weighted by atomic mass is 16.5. The SMILES string of the molecule is CC(=O)OC(C)c1ccoc1. The lowest BCUT2D eigenvalue weighted by atomic mass is 10.2. The molecule has 3 heteroatoms. The highest BCUT2D eigenvalue weighted by molar-refractivity contribution is 5.66. The van der Waals surface area contributed by atoms with Crippen molar-refractivity contribution in [1.29, 1.82) is 0 Å². The Balaban J connectivity index is 2.56. The van der Waals surface area contributed by atoms with Crippen molar-refractivity contribution in [2.45, 2.75) is 20.0 Å². The van der Waals surface area contributed by atoms with Crippen LogP contribution in [0.5, 0.6) is 0 Å². The molecule has 0 saturated carbocycles. The number of ether oxygens (including phenoxy) is 1. The van der Waals surface area contributed by atoms with Crippen molar-refractivity contribution in [2.24, 2.45) is 0 Å². The van der Waals surface area contributed by atoms with Gasteiger partial charge in [0.1, 0.15) is 6.10 Å². The number of carbonyl (C=O) groups is 1. The number of rotatable bonds is 2. The topological polar surface area (TPSA) is 39.4 Å². The smallest absolute Gasteiger partial charge is 0.303 e. The average Bonchev–Trinajstić information content (AvgIpc) is 2.35. The van der Waals surface area contributed by atoms with E-state index >= 15 is 0 Å². The van der Waals surface area contributed by atoms with Crippen LogP contribution in [0.4, 0.5) is 0 Å². The molecule has 1 aromatic heterocycles. The normalized spacial score (nSPS) is 12.5. The molecule has 0 aliphatic carbocycles. The van der Waals surface area contributed by atoms with E-state index in [1.807, 2.05) is 0 Å². The lowest BCUT2D eigenvalue weighted by Crippen LogP contribution is -2.03. The highest BCUT2D eigenvalue weighted by Crippen LogP contribution is 2.16. The summed E-state index contributed by atoms with van der Waals surface area (Å²) < 4.78 is 9.72. The van der Waals surface area contributed by atoms with Gasteiger partial charge in [0.25, 0.3) is 0 Å². The zero-order chi connectivity index (χ0) is 8.27. The molecule has 1 aromatic rings. The Kier molecular flexibility index (Phi) is 2.31. The van der Waals surface area contributed by atoms with Crippen molar-refractivity contribution in [1.82, 2.24) is 0 Å². The van der Waals surface area contributed by atoms with E-state index in [1.54, 1.807) is 25.5 Å². The first kappa shape index (κ1) is 7.85. The molecular weight excluding hydrogens is 144 g/mol.